The minimum atomic E-state index is -1.22. The number of benzene rings is 1. The van der Waals surface area contributed by atoms with Gasteiger partial charge in [0.15, 0.2) is 0 Å². The maximum Gasteiger partial charge on any atom is 0.235 e. The molecule has 0 saturated heterocycles. The lowest BCUT2D eigenvalue weighted by molar-refractivity contribution is -0.121. The molecule has 1 aliphatic carbocycles. The van der Waals surface area contributed by atoms with Crippen molar-refractivity contribution in [3.05, 3.63) is 29.8 Å². The third-order valence-corrected chi connectivity index (χ3v) is 5.53. The van der Waals surface area contributed by atoms with Crippen molar-refractivity contribution in [1.29, 1.82) is 0 Å². The summed E-state index contributed by atoms with van der Waals surface area (Å²) in [6.45, 7) is 1.74. The largest absolute Gasteiger partial charge is 0.497 e. The summed E-state index contributed by atoms with van der Waals surface area (Å²) >= 11 is 0. The van der Waals surface area contributed by atoms with Crippen LogP contribution < -0.4 is 10.1 Å². The first-order valence-electron chi connectivity index (χ1n) is 7.40. The van der Waals surface area contributed by atoms with Crippen LogP contribution in [0.25, 0.3) is 0 Å². The van der Waals surface area contributed by atoms with Gasteiger partial charge in [-0.25, -0.2) is 0 Å². The van der Waals surface area contributed by atoms with Crippen LogP contribution in [0.4, 0.5) is 0 Å². The van der Waals surface area contributed by atoms with E-state index in [1.54, 1.807) is 14.0 Å². The van der Waals surface area contributed by atoms with Gasteiger partial charge in [-0.05, 0) is 37.5 Å². The van der Waals surface area contributed by atoms with Crippen LogP contribution in [0.2, 0.25) is 0 Å². The van der Waals surface area contributed by atoms with E-state index in [0.717, 1.165) is 24.2 Å². The molecule has 0 heterocycles. The normalized spacial score (nSPS) is 18.2. The first kappa shape index (κ1) is 16.0. The molecule has 1 aromatic rings. The van der Waals surface area contributed by atoms with E-state index in [4.69, 9.17) is 4.74 Å². The Balaban J connectivity index is 1.90. The number of nitrogens with one attached hydrogen (secondary N) is 1. The molecule has 0 unspecified atom stereocenters. The zero-order valence-corrected chi connectivity index (χ0v) is 13.4. The summed E-state index contributed by atoms with van der Waals surface area (Å²) < 4.78 is 17.5. The molecule has 0 aliphatic heterocycles. The van der Waals surface area contributed by atoms with Gasteiger partial charge in [0, 0.05) is 22.6 Å². The summed E-state index contributed by atoms with van der Waals surface area (Å²) in [5.41, 5.74) is 0.924. The molecule has 2 atom stereocenters. The highest BCUT2D eigenvalue weighted by Crippen LogP contribution is 2.19. The Labute approximate surface area is 128 Å². The second kappa shape index (κ2) is 7.59. The van der Waals surface area contributed by atoms with Crippen molar-refractivity contribution in [2.24, 2.45) is 0 Å². The molecule has 21 heavy (non-hydrogen) atoms. The Kier molecular flexibility index (Phi) is 5.79. The van der Waals surface area contributed by atoms with E-state index in [2.05, 4.69) is 5.32 Å². The summed E-state index contributed by atoms with van der Waals surface area (Å²) in [7, 11) is 0.381. The lowest BCUT2D eigenvalue weighted by Crippen LogP contribution is -2.40. The van der Waals surface area contributed by atoms with Crippen molar-refractivity contribution in [3.63, 3.8) is 0 Å². The molecule has 1 saturated carbocycles. The number of hydrogen-bond acceptors (Lipinski definition) is 3. The molecule has 5 heteroatoms. The van der Waals surface area contributed by atoms with Gasteiger partial charge in [-0.3, -0.25) is 9.00 Å². The van der Waals surface area contributed by atoms with E-state index in [1.807, 2.05) is 24.3 Å². The van der Waals surface area contributed by atoms with Crippen LogP contribution in [0.1, 0.15) is 38.2 Å². The average Bonchev–Trinajstić information content (AvgIpc) is 2.99. The standard InChI is InChI=1S/C16H23NO3S/c1-12(16(18)17-14-7-3-4-8-14)21(19)11-13-6-5-9-15(10-13)20-2/h5-6,9-10,12,14H,3-4,7-8,11H2,1-2H3,(H,17,18)/t12-,21+/m0/s1. The zero-order chi connectivity index (χ0) is 15.2. The maximum atomic E-state index is 12.3. The van der Waals surface area contributed by atoms with Crippen LogP contribution >= 0.6 is 0 Å². The van der Waals surface area contributed by atoms with Crippen LogP contribution in [0.15, 0.2) is 24.3 Å². The summed E-state index contributed by atoms with van der Waals surface area (Å²) in [5.74, 6) is 1.02. The third kappa shape index (κ3) is 4.56. The number of ether oxygens (including phenoxy) is 1. The predicted molar refractivity (Wildman–Crippen MR) is 84.7 cm³/mol. The van der Waals surface area contributed by atoms with Crippen LogP contribution in [0.3, 0.4) is 0 Å². The smallest absolute Gasteiger partial charge is 0.235 e. The van der Waals surface area contributed by atoms with Crippen molar-refractivity contribution >= 4 is 16.7 Å². The minimum Gasteiger partial charge on any atom is -0.497 e. The Morgan fingerprint density at radius 2 is 2.14 bits per heavy atom. The summed E-state index contributed by atoms with van der Waals surface area (Å²) in [6.07, 6.45) is 4.43. The third-order valence-electron chi connectivity index (χ3n) is 3.91. The molecule has 1 N–H and O–H groups in total. The number of carbonyl (C=O) groups is 1. The van der Waals surface area contributed by atoms with Gasteiger partial charge in [0.1, 0.15) is 11.0 Å². The van der Waals surface area contributed by atoms with Crippen molar-refractivity contribution in [3.8, 4) is 5.75 Å². The molecular formula is C16H23NO3S. The van der Waals surface area contributed by atoms with Gasteiger partial charge in [-0.2, -0.15) is 0 Å². The second-order valence-corrected chi connectivity index (χ2v) is 7.27. The molecule has 116 valence electrons. The minimum absolute atomic E-state index is 0.0943. The van der Waals surface area contributed by atoms with E-state index in [1.165, 1.54) is 12.8 Å². The summed E-state index contributed by atoms with van der Waals surface area (Å²) in [6, 6.07) is 7.76. The fourth-order valence-corrected chi connectivity index (χ4v) is 3.62. The molecule has 0 radical (unpaired) electrons. The topological polar surface area (TPSA) is 55.4 Å². The Morgan fingerprint density at radius 3 is 2.81 bits per heavy atom. The molecule has 1 aromatic carbocycles. The number of methoxy groups -OCH3 is 1. The molecule has 1 aliphatic rings. The highest BCUT2D eigenvalue weighted by Gasteiger charge is 2.24. The lowest BCUT2D eigenvalue weighted by Gasteiger charge is -2.16. The highest BCUT2D eigenvalue weighted by molar-refractivity contribution is 7.85. The fourth-order valence-electron chi connectivity index (χ4n) is 2.56. The number of carbonyl (C=O) groups excluding carboxylic acids is 1. The molecule has 4 nitrogen and oxygen atoms in total. The SMILES string of the molecule is COc1cccc(C[S@@](=O)[C@@H](C)C(=O)NC2CCCC2)c1. The predicted octanol–water partition coefficient (Wildman–Crippen LogP) is 2.39. The molecular weight excluding hydrogens is 286 g/mol. The van der Waals surface area contributed by atoms with Gasteiger partial charge in [0.25, 0.3) is 0 Å². The molecule has 1 fully saturated rings. The summed E-state index contributed by atoms with van der Waals surface area (Å²) in [5, 5.41) is 2.52. The van der Waals surface area contributed by atoms with Gasteiger partial charge < -0.3 is 10.1 Å². The van der Waals surface area contributed by atoms with Crippen molar-refractivity contribution in [1.82, 2.24) is 5.32 Å². The van der Waals surface area contributed by atoms with E-state index >= 15 is 0 Å². The Hall–Kier alpha value is -1.36. The quantitative estimate of drug-likeness (QED) is 0.878. The number of rotatable bonds is 6. The Morgan fingerprint density at radius 1 is 1.43 bits per heavy atom. The van der Waals surface area contributed by atoms with Crippen LogP contribution in [0.5, 0.6) is 5.75 Å². The van der Waals surface area contributed by atoms with Gasteiger partial charge in [0.2, 0.25) is 5.91 Å². The average molecular weight is 309 g/mol. The van der Waals surface area contributed by atoms with Gasteiger partial charge in [-0.1, -0.05) is 25.0 Å². The monoisotopic (exact) mass is 309 g/mol. The van der Waals surface area contributed by atoms with Crippen LogP contribution in [-0.4, -0.2) is 28.5 Å². The van der Waals surface area contributed by atoms with Crippen molar-refractivity contribution < 1.29 is 13.7 Å². The lowest BCUT2D eigenvalue weighted by atomic mass is 10.2. The molecule has 0 bridgehead atoms. The zero-order valence-electron chi connectivity index (χ0n) is 12.6. The first-order valence-corrected chi connectivity index (χ1v) is 8.79. The van der Waals surface area contributed by atoms with E-state index in [-0.39, 0.29) is 11.9 Å². The van der Waals surface area contributed by atoms with Gasteiger partial charge >= 0.3 is 0 Å². The fraction of sp³-hybridized carbons (Fsp3) is 0.562. The highest BCUT2D eigenvalue weighted by atomic mass is 32.2. The molecule has 0 spiro atoms. The van der Waals surface area contributed by atoms with Crippen molar-refractivity contribution in [2.45, 2.75) is 49.7 Å². The van der Waals surface area contributed by atoms with Crippen LogP contribution in [-0.2, 0) is 21.3 Å². The van der Waals surface area contributed by atoms with E-state index in [9.17, 15) is 9.00 Å². The Bertz CT molecular complexity index is 512. The van der Waals surface area contributed by atoms with Crippen LogP contribution in [0, 0.1) is 0 Å². The second-order valence-electron chi connectivity index (χ2n) is 5.51. The first-order chi connectivity index (χ1) is 10.1. The molecule has 2 rings (SSSR count). The number of hydrogen-bond donors (Lipinski definition) is 1. The van der Waals surface area contributed by atoms with E-state index in [0.29, 0.717) is 5.75 Å². The molecule has 0 aromatic heterocycles. The summed E-state index contributed by atoms with van der Waals surface area (Å²) in [4.78, 5) is 12.1. The molecule has 1 amide bonds. The van der Waals surface area contributed by atoms with Crippen molar-refractivity contribution in [2.75, 3.05) is 7.11 Å². The number of amides is 1. The van der Waals surface area contributed by atoms with Gasteiger partial charge in [-0.15, -0.1) is 0 Å². The van der Waals surface area contributed by atoms with Gasteiger partial charge in [0.05, 0.1) is 7.11 Å². The maximum absolute atomic E-state index is 12.3. The van der Waals surface area contributed by atoms with E-state index < -0.39 is 16.0 Å².